The summed E-state index contributed by atoms with van der Waals surface area (Å²) in [4.78, 5) is 44.4. The first-order chi connectivity index (χ1) is 11.1. The van der Waals surface area contributed by atoms with Crippen molar-refractivity contribution in [3.63, 3.8) is 0 Å². The molecule has 0 bridgehead atoms. The van der Waals surface area contributed by atoms with Crippen LogP contribution in [0.2, 0.25) is 0 Å². The molecule has 0 saturated heterocycles. The SMILES string of the molecule is NC(N)CCCOC(=O)C(N)CCCC(=O)OC(=O)C(N)C(=O)O. The van der Waals surface area contributed by atoms with Gasteiger partial charge in [0.2, 0.25) is 6.04 Å². The number of hydrogen-bond donors (Lipinski definition) is 5. The summed E-state index contributed by atoms with van der Waals surface area (Å²) in [5.41, 5.74) is 21.2. The van der Waals surface area contributed by atoms with Crippen molar-refractivity contribution in [1.82, 2.24) is 0 Å². The molecular weight excluding hydrogens is 324 g/mol. The molecule has 2 unspecified atom stereocenters. The third kappa shape index (κ3) is 9.84. The number of carboxylic acids is 1. The van der Waals surface area contributed by atoms with E-state index in [2.05, 4.69) is 4.74 Å². The minimum Gasteiger partial charge on any atom is -0.480 e. The molecular formula is C13H24N4O7. The van der Waals surface area contributed by atoms with E-state index in [1.54, 1.807) is 0 Å². The third-order valence-corrected chi connectivity index (χ3v) is 2.86. The molecule has 0 radical (unpaired) electrons. The summed E-state index contributed by atoms with van der Waals surface area (Å²) < 4.78 is 9.16. The highest BCUT2D eigenvalue weighted by molar-refractivity contribution is 6.01. The third-order valence-electron chi connectivity index (χ3n) is 2.86. The maximum Gasteiger partial charge on any atom is 0.342 e. The van der Waals surface area contributed by atoms with E-state index < -0.39 is 42.1 Å². The van der Waals surface area contributed by atoms with Crippen LogP contribution >= 0.6 is 0 Å². The largest absolute Gasteiger partial charge is 0.480 e. The van der Waals surface area contributed by atoms with E-state index in [0.29, 0.717) is 12.8 Å². The summed E-state index contributed by atoms with van der Waals surface area (Å²) in [6.07, 6.45) is 0.596. The van der Waals surface area contributed by atoms with Crippen molar-refractivity contribution in [2.45, 2.75) is 50.4 Å². The zero-order valence-corrected chi connectivity index (χ0v) is 13.2. The Morgan fingerprint density at radius 1 is 0.917 bits per heavy atom. The van der Waals surface area contributed by atoms with E-state index in [-0.39, 0.29) is 25.9 Å². The maximum atomic E-state index is 11.5. The molecule has 11 nitrogen and oxygen atoms in total. The molecule has 0 aliphatic rings. The van der Waals surface area contributed by atoms with Crippen LogP contribution in [0.1, 0.15) is 32.1 Å². The van der Waals surface area contributed by atoms with Gasteiger partial charge in [0.05, 0.1) is 12.8 Å². The van der Waals surface area contributed by atoms with Gasteiger partial charge in [0.1, 0.15) is 6.04 Å². The van der Waals surface area contributed by atoms with E-state index in [0.717, 1.165) is 0 Å². The van der Waals surface area contributed by atoms with E-state index >= 15 is 0 Å². The highest BCUT2D eigenvalue weighted by Gasteiger charge is 2.25. The first kappa shape index (κ1) is 21.9. The van der Waals surface area contributed by atoms with Crippen LogP contribution in [0.15, 0.2) is 0 Å². The number of carbonyl (C=O) groups excluding carboxylic acids is 3. The Morgan fingerprint density at radius 2 is 1.54 bits per heavy atom. The minimum atomic E-state index is -1.92. The highest BCUT2D eigenvalue weighted by Crippen LogP contribution is 2.04. The van der Waals surface area contributed by atoms with E-state index in [1.165, 1.54) is 0 Å². The molecule has 0 fully saturated rings. The number of carbonyl (C=O) groups is 4. The lowest BCUT2D eigenvalue weighted by atomic mass is 10.1. The van der Waals surface area contributed by atoms with Crippen molar-refractivity contribution in [2.75, 3.05) is 6.61 Å². The molecule has 0 saturated carbocycles. The van der Waals surface area contributed by atoms with Crippen molar-refractivity contribution < 1.29 is 33.8 Å². The van der Waals surface area contributed by atoms with E-state index in [4.69, 9.17) is 32.8 Å². The van der Waals surface area contributed by atoms with Gasteiger partial charge in [-0.15, -0.1) is 0 Å². The quantitative estimate of drug-likeness (QED) is 0.114. The molecule has 0 rings (SSSR count). The van der Waals surface area contributed by atoms with Gasteiger partial charge in [-0.3, -0.25) is 9.59 Å². The standard InChI is InChI=1S/C13H24N4O7/c14-7(12(21)23-6-2-4-8(15)16)3-1-5-9(18)24-13(22)10(17)11(19)20/h7-8,10H,1-6,14-17H2,(H,19,20). The summed E-state index contributed by atoms with van der Waals surface area (Å²) in [6.45, 7) is 0.140. The predicted octanol–water partition coefficient (Wildman–Crippen LogP) is -2.47. The average molecular weight is 348 g/mol. The summed E-state index contributed by atoms with van der Waals surface area (Å²) in [5, 5.41) is 8.48. The first-order valence-electron chi connectivity index (χ1n) is 7.31. The van der Waals surface area contributed by atoms with Crippen LogP contribution in [0.5, 0.6) is 0 Å². The number of aliphatic carboxylic acids is 1. The second-order valence-electron chi connectivity index (χ2n) is 5.08. The Labute approximate surface area is 138 Å². The van der Waals surface area contributed by atoms with Crippen LogP contribution in [0.4, 0.5) is 0 Å². The molecule has 0 amide bonds. The molecule has 0 aliphatic heterocycles. The highest BCUT2D eigenvalue weighted by atomic mass is 16.6. The fraction of sp³-hybridized carbons (Fsp3) is 0.692. The van der Waals surface area contributed by atoms with Gasteiger partial charge in [-0.2, -0.15) is 0 Å². The topological polar surface area (TPSA) is 211 Å². The first-order valence-corrected chi connectivity index (χ1v) is 7.31. The van der Waals surface area contributed by atoms with E-state index in [9.17, 15) is 19.2 Å². The van der Waals surface area contributed by atoms with E-state index in [1.807, 2.05) is 0 Å². The molecule has 0 spiro atoms. The Kier molecular flexibility index (Phi) is 10.5. The zero-order valence-electron chi connectivity index (χ0n) is 13.2. The molecule has 0 aliphatic carbocycles. The molecule has 24 heavy (non-hydrogen) atoms. The lowest BCUT2D eigenvalue weighted by Gasteiger charge is -2.12. The average Bonchev–Trinajstić information content (AvgIpc) is 2.49. The monoisotopic (exact) mass is 348 g/mol. The van der Waals surface area contributed by atoms with Gasteiger partial charge in [0.25, 0.3) is 0 Å². The second-order valence-corrected chi connectivity index (χ2v) is 5.08. The maximum absolute atomic E-state index is 11.5. The lowest BCUT2D eigenvalue weighted by Crippen LogP contribution is -2.40. The normalized spacial score (nSPS) is 13.2. The van der Waals surface area contributed by atoms with Gasteiger partial charge in [0.15, 0.2) is 0 Å². The Balaban J connectivity index is 3.92. The van der Waals surface area contributed by atoms with Crippen molar-refractivity contribution in [3.05, 3.63) is 0 Å². The number of hydrogen-bond acceptors (Lipinski definition) is 10. The molecule has 11 heteroatoms. The van der Waals surface area contributed by atoms with Crippen molar-refractivity contribution in [2.24, 2.45) is 22.9 Å². The van der Waals surface area contributed by atoms with Gasteiger partial charge in [-0.05, 0) is 25.7 Å². The fourth-order valence-electron chi connectivity index (χ4n) is 1.51. The number of esters is 3. The molecule has 0 aromatic rings. The van der Waals surface area contributed by atoms with Gasteiger partial charge in [-0.1, -0.05) is 0 Å². The zero-order chi connectivity index (χ0) is 18.7. The van der Waals surface area contributed by atoms with Crippen LogP contribution in [-0.2, 0) is 28.7 Å². The van der Waals surface area contributed by atoms with Gasteiger partial charge in [0, 0.05) is 6.42 Å². The van der Waals surface area contributed by atoms with Crippen LogP contribution in [-0.4, -0.2) is 53.8 Å². The van der Waals surface area contributed by atoms with Crippen molar-refractivity contribution >= 4 is 23.9 Å². The molecule has 0 heterocycles. The van der Waals surface area contributed by atoms with Gasteiger partial charge in [-0.25, -0.2) is 9.59 Å². The molecule has 0 aromatic heterocycles. The smallest absolute Gasteiger partial charge is 0.342 e. The Morgan fingerprint density at radius 3 is 2.08 bits per heavy atom. The van der Waals surface area contributed by atoms with Gasteiger partial charge < -0.3 is 37.5 Å². The van der Waals surface area contributed by atoms with Crippen LogP contribution in [0.25, 0.3) is 0 Å². The Bertz CT molecular complexity index is 456. The predicted molar refractivity (Wildman–Crippen MR) is 80.9 cm³/mol. The summed E-state index contributed by atoms with van der Waals surface area (Å²) >= 11 is 0. The number of nitrogens with two attached hydrogens (primary N) is 4. The lowest BCUT2D eigenvalue weighted by molar-refractivity contribution is -0.163. The van der Waals surface area contributed by atoms with Crippen molar-refractivity contribution in [3.8, 4) is 0 Å². The molecule has 0 aromatic carbocycles. The van der Waals surface area contributed by atoms with Crippen LogP contribution in [0, 0.1) is 0 Å². The second kappa shape index (κ2) is 11.5. The molecule has 2 atom stereocenters. The summed E-state index contributed by atoms with van der Waals surface area (Å²) in [6, 6.07) is -2.85. The van der Waals surface area contributed by atoms with Gasteiger partial charge >= 0.3 is 23.9 Å². The summed E-state index contributed by atoms with van der Waals surface area (Å²) in [7, 11) is 0. The Hall–Kier alpha value is -2.08. The van der Waals surface area contributed by atoms with Crippen molar-refractivity contribution in [1.29, 1.82) is 0 Å². The molecule has 9 N–H and O–H groups in total. The van der Waals surface area contributed by atoms with Crippen LogP contribution in [0.3, 0.4) is 0 Å². The number of carboxylic acid groups (broad SMARTS) is 1. The number of rotatable bonds is 11. The van der Waals surface area contributed by atoms with Crippen LogP contribution < -0.4 is 22.9 Å². The summed E-state index contributed by atoms with van der Waals surface area (Å²) in [5.74, 6) is -4.53. The molecule has 138 valence electrons. The minimum absolute atomic E-state index is 0.128. The number of ether oxygens (including phenoxy) is 2. The fourth-order valence-corrected chi connectivity index (χ4v) is 1.51.